The Kier molecular flexibility index (Phi) is 6.83. The van der Waals surface area contributed by atoms with Crippen LogP contribution in [0.4, 0.5) is 0 Å². The van der Waals surface area contributed by atoms with E-state index in [1.807, 2.05) is 0 Å². The van der Waals surface area contributed by atoms with Crippen LogP contribution < -0.4 is 29.0 Å². The number of carbonyl (C=O) groups is 3. The number of carboxylic acid groups (broad SMARTS) is 1. The Morgan fingerprint density at radius 3 is 2.34 bits per heavy atom. The minimum Gasteiger partial charge on any atom is -0.493 e. The number of carboxylic acids is 1. The summed E-state index contributed by atoms with van der Waals surface area (Å²) in [5.74, 6) is -0.134. The lowest BCUT2D eigenvalue weighted by molar-refractivity contribution is -0.138. The van der Waals surface area contributed by atoms with Gasteiger partial charge >= 0.3 is 5.97 Å². The van der Waals surface area contributed by atoms with Crippen LogP contribution in [0, 0.1) is 0 Å². The first kappa shape index (κ1) is 22.5. The molecule has 0 saturated carbocycles. The average Bonchev–Trinajstić information content (AvgIpc) is 3.09. The molecule has 0 radical (unpaired) electrons. The summed E-state index contributed by atoms with van der Waals surface area (Å²) in [6.45, 7) is -0.882. The number of benzene rings is 2. The predicted molar refractivity (Wildman–Crippen MR) is 112 cm³/mol. The summed E-state index contributed by atoms with van der Waals surface area (Å²) in [6.07, 6.45) is 1.55. The fourth-order valence-electron chi connectivity index (χ4n) is 2.97. The van der Waals surface area contributed by atoms with E-state index in [4.69, 9.17) is 28.8 Å². The molecule has 1 aliphatic heterocycles. The van der Waals surface area contributed by atoms with Gasteiger partial charge in [-0.3, -0.25) is 14.4 Å². The lowest BCUT2D eigenvalue weighted by Gasteiger charge is -2.13. The Balaban J connectivity index is 1.77. The quantitative estimate of drug-likeness (QED) is 0.558. The van der Waals surface area contributed by atoms with Crippen LogP contribution in [0.2, 0.25) is 0 Å². The molecular formula is C22H21NO9. The zero-order valence-electron chi connectivity index (χ0n) is 17.6. The number of hydrogen-bond acceptors (Lipinski definition) is 8. The molecule has 168 valence electrons. The van der Waals surface area contributed by atoms with Crippen molar-refractivity contribution >= 4 is 23.7 Å². The van der Waals surface area contributed by atoms with Gasteiger partial charge < -0.3 is 34.1 Å². The Hall–Kier alpha value is -4.21. The summed E-state index contributed by atoms with van der Waals surface area (Å²) >= 11 is 0. The Morgan fingerprint density at radius 2 is 1.75 bits per heavy atom. The van der Waals surface area contributed by atoms with Crippen molar-refractivity contribution in [2.45, 2.75) is 0 Å². The minimum atomic E-state index is -1.16. The number of carbonyl (C=O) groups excluding carboxylic acids is 2. The molecule has 2 N–H and O–H groups in total. The van der Waals surface area contributed by atoms with Gasteiger partial charge in [0.25, 0.3) is 5.91 Å². The van der Waals surface area contributed by atoms with Crippen molar-refractivity contribution in [3.8, 4) is 28.7 Å². The molecule has 1 heterocycles. The lowest BCUT2D eigenvalue weighted by atomic mass is 10.1. The zero-order valence-corrected chi connectivity index (χ0v) is 17.6. The second-order valence-corrected chi connectivity index (χ2v) is 6.52. The lowest BCUT2D eigenvalue weighted by Crippen LogP contribution is -2.33. The summed E-state index contributed by atoms with van der Waals surface area (Å²) in [6, 6.07) is 7.88. The molecule has 32 heavy (non-hydrogen) atoms. The fraction of sp³-hybridized carbons (Fsp3) is 0.227. The van der Waals surface area contributed by atoms with E-state index in [0.29, 0.717) is 28.4 Å². The van der Waals surface area contributed by atoms with Gasteiger partial charge in [0.05, 0.1) is 26.9 Å². The van der Waals surface area contributed by atoms with Crippen molar-refractivity contribution in [3.05, 3.63) is 47.2 Å². The summed E-state index contributed by atoms with van der Waals surface area (Å²) < 4.78 is 27.0. The first-order valence-corrected chi connectivity index (χ1v) is 9.35. The largest absolute Gasteiger partial charge is 0.493 e. The fourth-order valence-corrected chi connectivity index (χ4v) is 2.97. The van der Waals surface area contributed by atoms with Gasteiger partial charge in [-0.1, -0.05) is 0 Å². The van der Waals surface area contributed by atoms with Gasteiger partial charge in [-0.2, -0.15) is 0 Å². The number of Topliss-reactive ketones (excluding diaryl/α,β-unsaturated/α-hetero) is 1. The van der Waals surface area contributed by atoms with E-state index in [-0.39, 0.29) is 29.6 Å². The van der Waals surface area contributed by atoms with E-state index >= 15 is 0 Å². The molecule has 2 aromatic rings. The summed E-state index contributed by atoms with van der Waals surface area (Å²) in [5, 5.41) is 10.7. The topological polar surface area (TPSA) is 130 Å². The Morgan fingerprint density at radius 1 is 1.06 bits per heavy atom. The van der Waals surface area contributed by atoms with Crippen LogP contribution in [-0.2, 0) is 9.59 Å². The van der Waals surface area contributed by atoms with Crippen molar-refractivity contribution < 1.29 is 43.2 Å². The van der Waals surface area contributed by atoms with E-state index in [1.165, 1.54) is 39.5 Å². The maximum absolute atomic E-state index is 12.7. The van der Waals surface area contributed by atoms with Gasteiger partial charge in [-0.05, 0) is 35.9 Å². The molecule has 3 rings (SSSR count). The molecule has 0 atom stereocenters. The average molecular weight is 443 g/mol. The molecule has 0 spiro atoms. The number of aliphatic carboxylic acids is 1. The minimum absolute atomic E-state index is 0.0885. The standard InChI is InChI=1S/C22H21NO9/c1-28-17-7-12(8-18(29-2)22(17)30-3)6-16-21(27)14-5-4-13(9-15(14)32-16)31-11-19(24)23-10-20(25)26/h4-9H,10-11H2,1-3H3,(H,23,24)(H,25,26)/b16-6+. The molecule has 0 bridgehead atoms. The van der Waals surface area contributed by atoms with Crippen molar-refractivity contribution in [3.63, 3.8) is 0 Å². The smallest absolute Gasteiger partial charge is 0.322 e. The van der Waals surface area contributed by atoms with Gasteiger partial charge in [0, 0.05) is 6.07 Å². The van der Waals surface area contributed by atoms with Gasteiger partial charge in [0.15, 0.2) is 23.9 Å². The highest BCUT2D eigenvalue weighted by molar-refractivity contribution is 6.14. The van der Waals surface area contributed by atoms with E-state index in [0.717, 1.165) is 0 Å². The number of fused-ring (bicyclic) bond motifs is 1. The number of rotatable bonds is 9. The second kappa shape index (κ2) is 9.73. The van der Waals surface area contributed by atoms with Crippen LogP contribution >= 0.6 is 0 Å². The second-order valence-electron chi connectivity index (χ2n) is 6.52. The molecule has 10 nitrogen and oxygen atoms in total. The highest BCUT2D eigenvalue weighted by Gasteiger charge is 2.28. The molecule has 0 unspecified atom stereocenters. The van der Waals surface area contributed by atoms with Gasteiger partial charge in [0.1, 0.15) is 18.0 Å². The van der Waals surface area contributed by atoms with E-state index < -0.39 is 18.4 Å². The van der Waals surface area contributed by atoms with Crippen molar-refractivity contribution in [1.29, 1.82) is 0 Å². The van der Waals surface area contributed by atoms with E-state index in [1.54, 1.807) is 18.2 Å². The number of ether oxygens (including phenoxy) is 5. The third-order valence-electron chi connectivity index (χ3n) is 4.43. The number of nitrogens with one attached hydrogen (secondary N) is 1. The monoisotopic (exact) mass is 443 g/mol. The first-order chi connectivity index (χ1) is 15.4. The SMILES string of the molecule is COc1cc(/C=C2/Oc3cc(OCC(=O)NCC(=O)O)ccc3C2=O)cc(OC)c1OC. The molecular weight excluding hydrogens is 422 g/mol. The van der Waals surface area contributed by atoms with E-state index in [2.05, 4.69) is 5.32 Å². The van der Waals surface area contributed by atoms with Crippen LogP contribution in [0.3, 0.4) is 0 Å². The van der Waals surface area contributed by atoms with Crippen molar-refractivity contribution in [2.24, 2.45) is 0 Å². The van der Waals surface area contributed by atoms with Crippen molar-refractivity contribution in [2.75, 3.05) is 34.5 Å². The van der Waals surface area contributed by atoms with Crippen LogP contribution in [-0.4, -0.2) is 57.2 Å². The third kappa shape index (κ3) is 4.91. The van der Waals surface area contributed by atoms with Gasteiger partial charge in [-0.15, -0.1) is 0 Å². The zero-order chi connectivity index (χ0) is 23.3. The summed E-state index contributed by atoms with van der Waals surface area (Å²) in [5.41, 5.74) is 0.939. The molecule has 1 aliphatic rings. The molecule has 10 heteroatoms. The number of methoxy groups -OCH3 is 3. The molecule has 0 aliphatic carbocycles. The molecule has 1 amide bonds. The van der Waals surface area contributed by atoms with E-state index in [9.17, 15) is 14.4 Å². The maximum Gasteiger partial charge on any atom is 0.322 e. The molecule has 0 saturated heterocycles. The van der Waals surface area contributed by atoms with Crippen LogP contribution in [0.25, 0.3) is 6.08 Å². The summed E-state index contributed by atoms with van der Waals surface area (Å²) in [7, 11) is 4.48. The number of ketones is 1. The number of hydrogen-bond donors (Lipinski definition) is 2. The van der Waals surface area contributed by atoms with Gasteiger partial charge in [0.2, 0.25) is 11.5 Å². The molecule has 2 aromatic carbocycles. The predicted octanol–water partition coefficient (Wildman–Crippen LogP) is 1.91. The van der Waals surface area contributed by atoms with Crippen LogP contribution in [0.1, 0.15) is 15.9 Å². The molecule has 0 aromatic heterocycles. The number of amides is 1. The van der Waals surface area contributed by atoms with Crippen LogP contribution in [0.5, 0.6) is 28.7 Å². The summed E-state index contributed by atoms with van der Waals surface area (Å²) in [4.78, 5) is 34.8. The highest BCUT2D eigenvalue weighted by Crippen LogP contribution is 2.40. The molecule has 0 fully saturated rings. The maximum atomic E-state index is 12.7. The van der Waals surface area contributed by atoms with Crippen LogP contribution in [0.15, 0.2) is 36.1 Å². The van der Waals surface area contributed by atoms with Crippen molar-refractivity contribution in [1.82, 2.24) is 5.32 Å². The number of allylic oxidation sites excluding steroid dienone is 1. The first-order valence-electron chi connectivity index (χ1n) is 9.35. The Labute approximate surface area is 183 Å². The third-order valence-corrected chi connectivity index (χ3v) is 4.43. The normalized spacial score (nSPS) is 13.2. The van der Waals surface area contributed by atoms with Gasteiger partial charge in [-0.25, -0.2) is 0 Å². The Bertz CT molecular complexity index is 1070. The highest BCUT2D eigenvalue weighted by atomic mass is 16.5.